The molecule has 5 nitrogen and oxygen atoms in total. The number of aromatic nitrogens is 1. The van der Waals surface area contributed by atoms with Crippen molar-refractivity contribution in [3.8, 4) is 6.07 Å². The number of rotatable bonds is 3. The molecule has 1 atom stereocenters. The first-order valence-corrected chi connectivity index (χ1v) is 5.85. The summed E-state index contributed by atoms with van der Waals surface area (Å²) < 4.78 is 0. The molecular formula is C13H22N4OS. The van der Waals surface area contributed by atoms with E-state index in [9.17, 15) is 5.11 Å². The van der Waals surface area contributed by atoms with Gasteiger partial charge in [0.2, 0.25) is 0 Å². The topological polar surface area (TPSA) is 95.0 Å². The number of nitrogens with one attached hydrogen (secondary N) is 1. The van der Waals surface area contributed by atoms with Crippen molar-refractivity contribution in [1.29, 1.82) is 5.26 Å². The minimum atomic E-state index is -0.704. The molecule has 0 aromatic carbocycles. The second kappa shape index (κ2) is 6.75. The number of hydrogen-bond acceptors (Lipinski definition) is 5. The molecule has 1 aromatic heterocycles. The van der Waals surface area contributed by atoms with Crippen LogP contribution in [0.5, 0.6) is 0 Å². The largest absolute Gasteiger partial charge is 0.387 e. The number of aliphatic hydroxyl groups excluding tert-OH is 1. The summed E-state index contributed by atoms with van der Waals surface area (Å²) in [7, 11) is 0. The molecule has 0 amide bonds. The summed E-state index contributed by atoms with van der Waals surface area (Å²) in [6, 6.07) is 3.57. The zero-order chi connectivity index (χ0) is 13.9. The van der Waals surface area contributed by atoms with Crippen LogP contribution in [0, 0.1) is 18.3 Å². The average Bonchev–Trinajstić information content (AvgIpc) is 2.25. The molecule has 0 aliphatic heterocycles. The molecule has 1 rings (SSSR count). The van der Waals surface area contributed by atoms with E-state index in [0.717, 1.165) is 0 Å². The number of nitrogen functional groups attached to an aromatic ring is 1. The van der Waals surface area contributed by atoms with Crippen molar-refractivity contribution >= 4 is 19.3 Å². The van der Waals surface area contributed by atoms with Crippen molar-refractivity contribution in [2.24, 2.45) is 0 Å². The van der Waals surface area contributed by atoms with Gasteiger partial charge in [-0.25, -0.2) is 4.98 Å². The minimum Gasteiger partial charge on any atom is -0.387 e. The Morgan fingerprint density at radius 3 is 2.58 bits per heavy atom. The highest BCUT2D eigenvalue weighted by Gasteiger charge is 2.17. The summed E-state index contributed by atoms with van der Waals surface area (Å²) in [5.74, 6) is 0.203. The van der Waals surface area contributed by atoms with Crippen LogP contribution in [0.25, 0.3) is 0 Å². The Morgan fingerprint density at radius 1 is 1.53 bits per heavy atom. The van der Waals surface area contributed by atoms with E-state index in [4.69, 9.17) is 11.0 Å². The molecule has 0 fully saturated rings. The third-order valence-corrected chi connectivity index (χ3v) is 2.59. The molecule has 4 N–H and O–H groups in total. The molecule has 0 saturated carbocycles. The van der Waals surface area contributed by atoms with Gasteiger partial charge >= 0.3 is 0 Å². The van der Waals surface area contributed by atoms with Gasteiger partial charge in [0.15, 0.2) is 0 Å². The number of hydrogen-bond donors (Lipinski definition) is 3. The highest BCUT2D eigenvalue weighted by Crippen LogP contribution is 2.20. The molecule has 106 valence electrons. The molecule has 0 radical (unpaired) electrons. The number of β-amino-alcohol motifs (C(OH)–C–C–N with tert-alkyl or cyclic N) is 1. The van der Waals surface area contributed by atoms with E-state index in [-0.39, 0.29) is 24.9 Å². The second-order valence-electron chi connectivity index (χ2n) is 5.35. The number of aliphatic hydroxyl groups is 1. The van der Waals surface area contributed by atoms with Crippen molar-refractivity contribution < 1.29 is 5.11 Å². The van der Waals surface area contributed by atoms with E-state index in [1.807, 2.05) is 26.8 Å². The van der Waals surface area contributed by atoms with Crippen LogP contribution in [0.1, 0.15) is 43.7 Å². The quantitative estimate of drug-likeness (QED) is 0.778. The van der Waals surface area contributed by atoms with Gasteiger partial charge in [-0.1, -0.05) is 0 Å². The van der Waals surface area contributed by atoms with Crippen LogP contribution < -0.4 is 11.1 Å². The number of anilines is 1. The van der Waals surface area contributed by atoms with Crippen LogP contribution >= 0.6 is 13.5 Å². The van der Waals surface area contributed by atoms with Crippen LogP contribution in [0.4, 0.5) is 5.82 Å². The molecule has 19 heavy (non-hydrogen) atoms. The van der Waals surface area contributed by atoms with Gasteiger partial charge in [0.05, 0.1) is 11.7 Å². The van der Waals surface area contributed by atoms with Gasteiger partial charge < -0.3 is 16.2 Å². The van der Waals surface area contributed by atoms with Crippen LogP contribution in [-0.2, 0) is 0 Å². The fourth-order valence-electron chi connectivity index (χ4n) is 1.58. The molecule has 0 saturated heterocycles. The average molecular weight is 282 g/mol. The summed E-state index contributed by atoms with van der Waals surface area (Å²) in [4.78, 5) is 4.08. The Balaban J connectivity index is 0.00000324. The minimum absolute atomic E-state index is 0. The molecule has 1 heterocycles. The monoisotopic (exact) mass is 282 g/mol. The maximum Gasteiger partial charge on any atom is 0.141 e. The number of nitriles is 1. The third-order valence-electron chi connectivity index (χ3n) is 2.59. The molecule has 0 aliphatic rings. The van der Waals surface area contributed by atoms with Crippen LogP contribution in [0.15, 0.2) is 6.07 Å². The van der Waals surface area contributed by atoms with Gasteiger partial charge in [0.25, 0.3) is 0 Å². The van der Waals surface area contributed by atoms with E-state index >= 15 is 0 Å². The van der Waals surface area contributed by atoms with Crippen molar-refractivity contribution in [2.75, 3.05) is 12.3 Å². The first-order chi connectivity index (χ1) is 8.24. The van der Waals surface area contributed by atoms with Crippen LogP contribution in [0.3, 0.4) is 0 Å². The van der Waals surface area contributed by atoms with Crippen molar-refractivity contribution in [3.05, 3.63) is 22.9 Å². The van der Waals surface area contributed by atoms with E-state index in [2.05, 4.69) is 10.3 Å². The summed E-state index contributed by atoms with van der Waals surface area (Å²) in [5.41, 5.74) is 7.12. The van der Waals surface area contributed by atoms with Gasteiger partial charge in [-0.3, -0.25) is 0 Å². The molecule has 0 bridgehead atoms. The lowest BCUT2D eigenvalue weighted by atomic mass is 10.0. The lowest BCUT2D eigenvalue weighted by Gasteiger charge is -2.23. The first-order valence-electron chi connectivity index (χ1n) is 5.85. The number of aryl methyl sites for hydroxylation is 1. The van der Waals surface area contributed by atoms with Crippen molar-refractivity contribution in [1.82, 2.24) is 10.3 Å². The molecule has 0 aliphatic carbocycles. The summed E-state index contributed by atoms with van der Waals surface area (Å²) in [5, 5.41) is 22.2. The smallest absolute Gasteiger partial charge is 0.141 e. The maximum absolute atomic E-state index is 10.1. The zero-order valence-corrected chi connectivity index (χ0v) is 12.8. The Kier molecular flexibility index (Phi) is 6.30. The van der Waals surface area contributed by atoms with Gasteiger partial charge in [-0.15, -0.1) is 0 Å². The predicted molar refractivity (Wildman–Crippen MR) is 81.2 cm³/mol. The fraction of sp³-hybridized carbons (Fsp3) is 0.538. The van der Waals surface area contributed by atoms with Gasteiger partial charge in [-0.05, 0) is 33.8 Å². The maximum atomic E-state index is 10.1. The number of nitrogens with two attached hydrogens (primary N) is 1. The van der Waals surface area contributed by atoms with E-state index < -0.39 is 6.10 Å². The van der Waals surface area contributed by atoms with Crippen LogP contribution in [0.2, 0.25) is 0 Å². The SMILES string of the molecule is Cc1nc(N)c(C#N)cc1[C@H](O)CNC(C)(C)C.S. The highest BCUT2D eigenvalue weighted by molar-refractivity contribution is 7.59. The molecule has 6 heteroatoms. The van der Waals surface area contributed by atoms with E-state index in [1.54, 1.807) is 13.0 Å². The molecule has 0 spiro atoms. The normalized spacial score (nSPS) is 12.4. The summed E-state index contributed by atoms with van der Waals surface area (Å²) >= 11 is 0. The van der Waals surface area contributed by atoms with Crippen molar-refractivity contribution in [2.45, 2.75) is 39.3 Å². The van der Waals surface area contributed by atoms with Gasteiger partial charge in [0, 0.05) is 23.3 Å². The Hall–Kier alpha value is -1.29. The lowest BCUT2D eigenvalue weighted by Crippen LogP contribution is -2.38. The molecular weight excluding hydrogens is 260 g/mol. The second-order valence-corrected chi connectivity index (χ2v) is 5.35. The predicted octanol–water partition coefficient (Wildman–Crippen LogP) is 1.38. The zero-order valence-electron chi connectivity index (χ0n) is 11.8. The molecule has 1 aromatic rings. The van der Waals surface area contributed by atoms with Gasteiger partial charge in [0.1, 0.15) is 11.9 Å². The van der Waals surface area contributed by atoms with Crippen molar-refractivity contribution in [3.63, 3.8) is 0 Å². The van der Waals surface area contributed by atoms with Gasteiger partial charge in [-0.2, -0.15) is 18.8 Å². The highest BCUT2D eigenvalue weighted by atomic mass is 32.1. The Bertz CT molecular complexity index is 477. The third kappa shape index (κ3) is 5.07. The van der Waals surface area contributed by atoms with E-state index in [1.165, 1.54) is 0 Å². The molecule has 0 unspecified atom stereocenters. The number of nitrogens with zero attached hydrogens (tertiary/aromatic N) is 2. The van der Waals surface area contributed by atoms with Crippen LogP contribution in [-0.4, -0.2) is 22.2 Å². The Labute approximate surface area is 121 Å². The van der Waals surface area contributed by atoms with E-state index in [0.29, 0.717) is 23.4 Å². The standard InChI is InChI=1S/C13H20N4O.H2S/c1-8-10(5-9(6-14)12(15)17-8)11(18)7-16-13(2,3)4;/h5,11,16,18H,7H2,1-4H3,(H2,15,17);1H2/t11-;/m1./s1. The lowest BCUT2D eigenvalue weighted by molar-refractivity contribution is 0.162. The summed E-state index contributed by atoms with van der Waals surface area (Å²) in [6.07, 6.45) is -0.704. The summed E-state index contributed by atoms with van der Waals surface area (Å²) in [6.45, 7) is 8.24. The first kappa shape index (κ1) is 17.7. The Morgan fingerprint density at radius 2 is 2.11 bits per heavy atom. The number of pyridine rings is 1. The fourth-order valence-corrected chi connectivity index (χ4v) is 1.58.